The van der Waals surface area contributed by atoms with Gasteiger partial charge < -0.3 is 10.1 Å². The SMILES string of the molecule is CC1SCCC1Nc1cccc(OC(F)(F)F)c1. The van der Waals surface area contributed by atoms with Crippen molar-refractivity contribution in [1.82, 2.24) is 0 Å². The van der Waals surface area contributed by atoms with Crippen molar-refractivity contribution in [3.05, 3.63) is 24.3 Å². The van der Waals surface area contributed by atoms with Crippen LogP contribution >= 0.6 is 11.8 Å². The smallest absolute Gasteiger partial charge is 0.406 e. The number of hydrogen-bond donors (Lipinski definition) is 1. The van der Waals surface area contributed by atoms with Gasteiger partial charge in [0.25, 0.3) is 0 Å². The zero-order chi connectivity index (χ0) is 13.2. The fraction of sp³-hybridized carbons (Fsp3) is 0.500. The van der Waals surface area contributed by atoms with Crippen LogP contribution in [0.15, 0.2) is 24.3 Å². The molecule has 2 nitrogen and oxygen atoms in total. The van der Waals surface area contributed by atoms with Gasteiger partial charge in [-0.2, -0.15) is 11.8 Å². The summed E-state index contributed by atoms with van der Waals surface area (Å²) in [5.74, 6) is 0.892. The van der Waals surface area contributed by atoms with Crippen LogP contribution in [0, 0.1) is 0 Å². The Morgan fingerprint density at radius 3 is 2.78 bits per heavy atom. The summed E-state index contributed by atoms with van der Waals surface area (Å²) >= 11 is 1.87. The maximum Gasteiger partial charge on any atom is 0.573 e. The normalized spacial score (nSPS) is 24.0. The highest BCUT2D eigenvalue weighted by atomic mass is 32.2. The van der Waals surface area contributed by atoms with Gasteiger partial charge in [0, 0.05) is 23.0 Å². The largest absolute Gasteiger partial charge is 0.573 e. The first-order chi connectivity index (χ1) is 8.44. The number of thioether (sulfide) groups is 1. The molecular formula is C12H14F3NOS. The molecule has 1 N–H and O–H groups in total. The molecule has 0 amide bonds. The molecule has 1 saturated heterocycles. The first-order valence-corrected chi connectivity index (χ1v) is 6.73. The van der Waals surface area contributed by atoms with Crippen molar-refractivity contribution < 1.29 is 17.9 Å². The molecular weight excluding hydrogens is 263 g/mol. The third kappa shape index (κ3) is 3.73. The molecule has 0 saturated carbocycles. The molecule has 0 spiro atoms. The second kappa shape index (κ2) is 5.30. The Hall–Kier alpha value is -1.04. The van der Waals surface area contributed by atoms with E-state index in [2.05, 4.69) is 17.0 Å². The van der Waals surface area contributed by atoms with Crippen LogP contribution in [0.3, 0.4) is 0 Å². The highest BCUT2D eigenvalue weighted by Gasteiger charge is 2.31. The van der Waals surface area contributed by atoms with Crippen LogP contribution in [-0.4, -0.2) is 23.4 Å². The van der Waals surface area contributed by atoms with Crippen molar-refractivity contribution in [2.75, 3.05) is 11.1 Å². The fourth-order valence-corrected chi connectivity index (χ4v) is 3.12. The average molecular weight is 277 g/mol. The molecule has 0 aromatic heterocycles. The van der Waals surface area contributed by atoms with Gasteiger partial charge in [0.05, 0.1) is 0 Å². The fourth-order valence-electron chi connectivity index (χ4n) is 1.92. The molecule has 1 aliphatic heterocycles. The molecule has 1 aliphatic rings. The van der Waals surface area contributed by atoms with Gasteiger partial charge in [-0.25, -0.2) is 0 Å². The van der Waals surface area contributed by atoms with Crippen molar-refractivity contribution in [3.8, 4) is 5.75 Å². The number of hydrogen-bond acceptors (Lipinski definition) is 3. The minimum atomic E-state index is -4.64. The molecule has 1 heterocycles. The zero-order valence-electron chi connectivity index (χ0n) is 9.83. The second-order valence-electron chi connectivity index (χ2n) is 4.19. The van der Waals surface area contributed by atoms with E-state index in [1.807, 2.05) is 11.8 Å². The number of rotatable bonds is 3. The van der Waals surface area contributed by atoms with E-state index in [9.17, 15) is 13.2 Å². The van der Waals surface area contributed by atoms with Gasteiger partial charge >= 0.3 is 6.36 Å². The van der Waals surface area contributed by atoms with Crippen LogP contribution in [0.25, 0.3) is 0 Å². The van der Waals surface area contributed by atoms with E-state index in [0.29, 0.717) is 17.0 Å². The summed E-state index contributed by atoms with van der Waals surface area (Å²) in [5, 5.41) is 3.72. The third-order valence-electron chi connectivity index (χ3n) is 2.80. The Morgan fingerprint density at radius 1 is 1.39 bits per heavy atom. The van der Waals surface area contributed by atoms with Gasteiger partial charge in [0.2, 0.25) is 0 Å². The van der Waals surface area contributed by atoms with Crippen LogP contribution in [0.4, 0.5) is 18.9 Å². The van der Waals surface area contributed by atoms with Crippen LogP contribution in [0.1, 0.15) is 13.3 Å². The van der Waals surface area contributed by atoms with Gasteiger partial charge in [-0.15, -0.1) is 13.2 Å². The molecule has 2 rings (SSSR count). The Bertz CT molecular complexity index is 411. The Labute approximate surface area is 108 Å². The lowest BCUT2D eigenvalue weighted by atomic mass is 10.1. The molecule has 2 unspecified atom stereocenters. The molecule has 0 aliphatic carbocycles. The standard InChI is InChI=1S/C12H14F3NOS/c1-8-11(5-6-18-8)16-9-3-2-4-10(7-9)17-12(13,14)15/h2-4,7-8,11,16H,5-6H2,1H3. The Morgan fingerprint density at radius 2 is 2.17 bits per heavy atom. The van der Waals surface area contributed by atoms with Crippen molar-refractivity contribution in [3.63, 3.8) is 0 Å². The van der Waals surface area contributed by atoms with Crippen molar-refractivity contribution >= 4 is 17.4 Å². The van der Waals surface area contributed by atoms with E-state index in [0.717, 1.165) is 12.2 Å². The molecule has 6 heteroatoms. The van der Waals surface area contributed by atoms with Gasteiger partial charge in [-0.3, -0.25) is 0 Å². The molecule has 1 aromatic carbocycles. The Kier molecular flexibility index (Phi) is 3.94. The quantitative estimate of drug-likeness (QED) is 0.905. The number of alkyl halides is 3. The monoisotopic (exact) mass is 277 g/mol. The lowest BCUT2D eigenvalue weighted by molar-refractivity contribution is -0.274. The predicted molar refractivity (Wildman–Crippen MR) is 67.1 cm³/mol. The summed E-state index contributed by atoms with van der Waals surface area (Å²) in [5.41, 5.74) is 0.663. The molecule has 18 heavy (non-hydrogen) atoms. The van der Waals surface area contributed by atoms with E-state index in [4.69, 9.17) is 0 Å². The first-order valence-electron chi connectivity index (χ1n) is 5.68. The van der Waals surface area contributed by atoms with Gasteiger partial charge in [0.15, 0.2) is 0 Å². The summed E-state index contributed by atoms with van der Waals surface area (Å²) in [7, 11) is 0. The number of nitrogens with one attached hydrogen (secondary N) is 1. The van der Waals surface area contributed by atoms with Crippen LogP contribution < -0.4 is 10.1 Å². The van der Waals surface area contributed by atoms with Gasteiger partial charge in [-0.05, 0) is 24.3 Å². The molecule has 1 fully saturated rings. The minimum Gasteiger partial charge on any atom is -0.406 e. The van der Waals surface area contributed by atoms with E-state index in [1.165, 1.54) is 12.1 Å². The van der Waals surface area contributed by atoms with Crippen molar-refractivity contribution in [2.45, 2.75) is 31.0 Å². The molecule has 0 radical (unpaired) electrons. The summed E-state index contributed by atoms with van der Waals surface area (Å²) in [6.07, 6.45) is -3.62. The molecule has 100 valence electrons. The minimum absolute atomic E-state index is 0.189. The molecule has 0 bridgehead atoms. The summed E-state index contributed by atoms with van der Waals surface area (Å²) in [4.78, 5) is 0. The second-order valence-corrected chi connectivity index (χ2v) is 5.68. The number of benzene rings is 1. The van der Waals surface area contributed by atoms with E-state index in [1.54, 1.807) is 12.1 Å². The predicted octanol–water partition coefficient (Wildman–Crippen LogP) is 3.89. The average Bonchev–Trinajstić information content (AvgIpc) is 2.62. The number of ether oxygens (including phenoxy) is 1. The first kappa shape index (κ1) is 13.4. The lowest BCUT2D eigenvalue weighted by Crippen LogP contribution is -2.24. The zero-order valence-corrected chi connectivity index (χ0v) is 10.6. The topological polar surface area (TPSA) is 21.3 Å². The van der Waals surface area contributed by atoms with Crippen LogP contribution in [-0.2, 0) is 0 Å². The van der Waals surface area contributed by atoms with E-state index < -0.39 is 6.36 Å². The highest BCUT2D eigenvalue weighted by molar-refractivity contribution is 8.00. The maximum atomic E-state index is 12.1. The highest BCUT2D eigenvalue weighted by Crippen LogP contribution is 2.30. The van der Waals surface area contributed by atoms with Crippen LogP contribution in [0.5, 0.6) is 5.75 Å². The Balaban J connectivity index is 2.03. The summed E-state index contributed by atoms with van der Waals surface area (Å²) in [6.45, 7) is 2.12. The van der Waals surface area contributed by atoms with E-state index in [-0.39, 0.29) is 5.75 Å². The van der Waals surface area contributed by atoms with Crippen molar-refractivity contribution in [2.24, 2.45) is 0 Å². The van der Waals surface area contributed by atoms with Crippen molar-refractivity contribution in [1.29, 1.82) is 0 Å². The van der Waals surface area contributed by atoms with Gasteiger partial charge in [0.1, 0.15) is 5.75 Å². The van der Waals surface area contributed by atoms with Crippen LogP contribution in [0.2, 0.25) is 0 Å². The summed E-state index contributed by atoms with van der Waals surface area (Å²) < 4.78 is 40.2. The summed E-state index contributed by atoms with van der Waals surface area (Å²) in [6, 6.07) is 6.28. The molecule has 1 aromatic rings. The third-order valence-corrected chi connectivity index (χ3v) is 4.12. The maximum absolute atomic E-state index is 12.1. The van der Waals surface area contributed by atoms with E-state index >= 15 is 0 Å². The molecule has 2 atom stereocenters. The number of halogens is 3. The number of anilines is 1. The lowest BCUT2D eigenvalue weighted by Gasteiger charge is -2.18. The van der Waals surface area contributed by atoms with Gasteiger partial charge in [-0.1, -0.05) is 13.0 Å².